The molecule has 40 heavy (non-hydrogen) atoms. The van der Waals surface area contributed by atoms with Crippen molar-refractivity contribution in [2.24, 2.45) is 0 Å². The lowest BCUT2D eigenvalue weighted by atomic mass is 10.1. The van der Waals surface area contributed by atoms with E-state index in [0.29, 0.717) is 39.5 Å². The van der Waals surface area contributed by atoms with Gasteiger partial charge in [0.05, 0.1) is 25.7 Å². The number of carbonyl (C=O) groups excluding carboxylic acids is 3. The zero-order valence-corrected chi connectivity index (χ0v) is 23.4. The lowest BCUT2D eigenvalue weighted by Crippen LogP contribution is -2.34. The van der Waals surface area contributed by atoms with Crippen LogP contribution in [0.2, 0.25) is 5.02 Å². The molecular weight excluding hydrogens is 532 g/mol. The summed E-state index contributed by atoms with van der Waals surface area (Å²) in [5.41, 5.74) is 3.34. The minimum Gasteiger partial charge on any atom is -0.497 e. The molecule has 3 aromatic carbocycles. The first-order valence-electron chi connectivity index (χ1n) is 12.9. The van der Waals surface area contributed by atoms with Crippen molar-refractivity contribution in [2.75, 3.05) is 13.7 Å². The Balaban J connectivity index is 1.39. The van der Waals surface area contributed by atoms with Crippen molar-refractivity contribution in [1.82, 2.24) is 9.88 Å². The van der Waals surface area contributed by atoms with Gasteiger partial charge in [-0.2, -0.15) is 0 Å². The molecule has 0 unspecified atom stereocenters. The molecule has 208 valence electrons. The summed E-state index contributed by atoms with van der Waals surface area (Å²) in [6.07, 6.45) is -0.155. The molecule has 0 saturated carbocycles. The summed E-state index contributed by atoms with van der Waals surface area (Å²) >= 11 is 6.00. The number of hydrogen-bond donors (Lipinski definition) is 1. The first-order valence-corrected chi connectivity index (χ1v) is 13.3. The third-order valence-corrected chi connectivity index (χ3v) is 6.80. The number of methoxy groups -OCH3 is 1. The normalized spacial score (nSPS) is 11.6. The highest BCUT2D eigenvalue weighted by Crippen LogP contribution is 2.31. The smallest absolute Gasteiger partial charge is 0.407 e. The Morgan fingerprint density at radius 3 is 2.40 bits per heavy atom. The number of fused-ring (bicyclic) bond motifs is 1. The second kappa shape index (κ2) is 13.2. The van der Waals surface area contributed by atoms with E-state index in [0.717, 1.165) is 10.9 Å². The number of rotatable bonds is 10. The van der Waals surface area contributed by atoms with Gasteiger partial charge < -0.3 is 19.5 Å². The lowest BCUT2D eigenvalue weighted by molar-refractivity contribution is -0.143. The molecule has 1 aromatic heterocycles. The van der Waals surface area contributed by atoms with Crippen molar-refractivity contribution in [1.29, 1.82) is 0 Å². The quantitative estimate of drug-likeness (QED) is 0.235. The number of aromatic nitrogens is 1. The van der Waals surface area contributed by atoms with Gasteiger partial charge in [-0.25, -0.2) is 4.79 Å². The summed E-state index contributed by atoms with van der Waals surface area (Å²) in [5, 5.41) is 4.00. The highest BCUT2D eigenvalue weighted by atomic mass is 35.5. The summed E-state index contributed by atoms with van der Waals surface area (Å²) in [7, 11) is 1.56. The van der Waals surface area contributed by atoms with Crippen LogP contribution >= 0.6 is 11.6 Å². The Morgan fingerprint density at radius 1 is 0.975 bits per heavy atom. The molecule has 4 rings (SSSR count). The van der Waals surface area contributed by atoms with E-state index in [4.69, 9.17) is 25.8 Å². The Kier molecular flexibility index (Phi) is 9.45. The number of nitrogens with one attached hydrogen (secondary N) is 1. The maximum absolute atomic E-state index is 13.4. The van der Waals surface area contributed by atoms with Crippen LogP contribution < -0.4 is 10.1 Å². The van der Waals surface area contributed by atoms with E-state index >= 15 is 0 Å². The predicted octanol–water partition coefficient (Wildman–Crippen LogP) is 6.09. The fourth-order valence-corrected chi connectivity index (χ4v) is 4.50. The van der Waals surface area contributed by atoms with Gasteiger partial charge in [0.2, 0.25) is 0 Å². The van der Waals surface area contributed by atoms with Crippen LogP contribution in [0.1, 0.15) is 40.5 Å². The molecule has 9 heteroatoms. The van der Waals surface area contributed by atoms with Crippen molar-refractivity contribution in [2.45, 2.75) is 39.3 Å². The average molecular weight is 563 g/mol. The van der Waals surface area contributed by atoms with Crippen LogP contribution in [0, 0.1) is 6.92 Å². The van der Waals surface area contributed by atoms with Crippen LogP contribution in [0.25, 0.3) is 10.9 Å². The molecule has 8 nitrogen and oxygen atoms in total. The van der Waals surface area contributed by atoms with Crippen molar-refractivity contribution in [3.05, 3.63) is 100 Å². The van der Waals surface area contributed by atoms with Crippen LogP contribution in [0.15, 0.2) is 72.8 Å². The number of halogens is 1. The molecular formula is C31H31ClN2O6. The van der Waals surface area contributed by atoms with Gasteiger partial charge in [0.15, 0.2) is 0 Å². The third kappa shape index (κ3) is 7.01. The van der Waals surface area contributed by atoms with E-state index in [2.05, 4.69) is 5.32 Å². The third-order valence-electron chi connectivity index (χ3n) is 6.55. The second-order valence-corrected chi connectivity index (χ2v) is 9.82. The summed E-state index contributed by atoms with van der Waals surface area (Å²) in [6.45, 7) is 3.90. The van der Waals surface area contributed by atoms with Gasteiger partial charge in [-0.05, 0) is 67.4 Å². The fraction of sp³-hybridized carbons (Fsp3) is 0.258. The van der Waals surface area contributed by atoms with E-state index in [1.54, 1.807) is 55.0 Å². The SMILES string of the molecule is COc1ccc2c(c1)c(CC(=O)OCC[C@@H](C)NC(=O)OCc1ccccc1)c(C)n2C(=O)c1ccc(Cl)cc1. The molecule has 0 fully saturated rings. The molecule has 1 N–H and O–H groups in total. The van der Waals surface area contributed by atoms with Crippen LogP contribution in [-0.4, -0.2) is 42.3 Å². The first kappa shape index (κ1) is 28.7. The molecule has 0 spiro atoms. The maximum atomic E-state index is 13.4. The molecule has 0 aliphatic heterocycles. The van der Waals surface area contributed by atoms with Gasteiger partial charge >= 0.3 is 12.1 Å². The second-order valence-electron chi connectivity index (χ2n) is 9.39. The zero-order chi connectivity index (χ0) is 28.6. The van der Waals surface area contributed by atoms with Crippen molar-refractivity contribution < 1.29 is 28.6 Å². The van der Waals surface area contributed by atoms with Crippen LogP contribution in [0.4, 0.5) is 4.79 Å². The highest BCUT2D eigenvalue weighted by Gasteiger charge is 2.22. The summed E-state index contributed by atoms with van der Waals surface area (Å²) < 4.78 is 17.7. The molecule has 0 bridgehead atoms. The molecule has 0 aliphatic rings. The predicted molar refractivity (Wildman–Crippen MR) is 153 cm³/mol. The maximum Gasteiger partial charge on any atom is 0.407 e. The molecule has 0 aliphatic carbocycles. The largest absolute Gasteiger partial charge is 0.497 e. The van der Waals surface area contributed by atoms with Crippen molar-refractivity contribution in [3.8, 4) is 5.75 Å². The number of alkyl carbamates (subject to hydrolysis) is 1. The first-order chi connectivity index (χ1) is 19.3. The van der Waals surface area contributed by atoms with Gasteiger partial charge in [0, 0.05) is 34.1 Å². The van der Waals surface area contributed by atoms with Gasteiger partial charge in [-0.3, -0.25) is 14.2 Å². The monoisotopic (exact) mass is 562 g/mol. The molecule has 1 heterocycles. The van der Waals surface area contributed by atoms with Crippen molar-refractivity contribution in [3.63, 3.8) is 0 Å². The molecule has 1 amide bonds. The van der Waals surface area contributed by atoms with E-state index in [1.807, 2.05) is 43.3 Å². The topological polar surface area (TPSA) is 95.9 Å². The Morgan fingerprint density at radius 2 is 1.70 bits per heavy atom. The van der Waals surface area contributed by atoms with E-state index < -0.39 is 12.1 Å². The van der Waals surface area contributed by atoms with E-state index in [1.165, 1.54) is 0 Å². The number of nitrogens with zero attached hydrogens (tertiary/aromatic N) is 1. The van der Waals surface area contributed by atoms with Gasteiger partial charge in [-0.15, -0.1) is 0 Å². The summed E-state index contributed by atoms with van der Waals surface area (Å²) in [6, 6.07) is 21.2. The molecule has 4 aromatic rings. The number of ether oxygens (including phenoxy) is 3. The molecule has 0 radical (unpaired) electrons. The molecule has 0 saturated heterocycles. The fourth-order valence-electron chi connectivity index (χ4n) is 4.38. The summed E-state index contributed by atoms with van der Waals surface area (Å²) in [5.74, 6) is -0.0666. The Labute approximate surface area is 237 Å². The Hall–Kier alpha value is -4.30. The number of hydrogen-bond acceptors (Lipinski definition) is 6. The van der Waals surface area contributed by atoms with E-state index in [-0.39, 0.29) is 31.6 Å². The average Bonchev–Trinajstić information content (AvgIpc) is 3.22. The van der Waals surface area contributed by atoms with Gasteiger partial charge in [0.25, 0.3) is 5.91 Å². The number of benzene rings is 3. The summed E-state index contributed by atoms with van der Waals surface area (Å²) in [4.78, 5) is 38.3. The zero-order valence-electron chi connectivity index (χ0n) is 22.6. The number of esters is 1. The van der Waals surface area contributed by atoms with Gasteiger partial charge in [0.1, 0.15) is 12.4 Å². The van der Waals surface area contributed by atoms with Crippen LogP contribution in [0.5, 0.6) is 5.75 Å². The Bertz CT molecular complexity index is 1500. The standard InChI is InChI=1S/C31H31ClN2O6/c1-20(33-31(37)40-19-22-7-5-4-6-8-22)15-16-39-29(35)18-26-21(2)34(28-14-13-25(38-3)17-27(26)28)30(36)23-9-11-24(32)12-10-23/h4-14,17,20H,15-16,18-19H2,1-3H3,(H,33,37)/t20-/m1/s1. The lowest BCUT2D eigenvalue weighted by Gasteiger charge is -2.14. The number of amides is 1. The number of carbonyl (C=O) groups is 3. The van der Waals surface area contributed by atoms with E-state index in [9.17, 15) is 14.4 Å². The minimum absolute atomic E-state index is 0.0304. The molecule has 1 atom stereocenters. The highest BCUT2D eigenvalue weighted by molar-refractivity contribution is 6.30. The minimum atomic E-state index is -0.537. The van der Waals surface area contributed by atoms with Crippen LogP contribution in [0.3, 0.4) is 0 Å². The van der Waals surface area contributed by atoms with Crippen LogP contribution in [-0.2, 0) is 27.3 Å². The van der Waals surface area contributed by atoms with Crippen molar-refractivity contribution >= 4 is 40.5 Å². The van der Waals surface area contributed by atoms with Gasteiger partial charge in [-0.1, -0.05) is 41.9 Å².